The average Bonchev–Trinajstić information content (AvgIpc) is 3.80. The Balaban J connectivity index is 1.34. The second kappa shape index (κ2) is 11.9. The average molecular weight is 593 g/mol. The van der Waals surface area contributed by atoms with Gasteiger partial charge in [-0.25, -0.2) is 14.1 Å². The molecule has 218 valence electrons. The molecule has 0 saturated heterocycles. The molecule has 0 bridgehead atoms. The van der Waals surface area contributed by atoms with Gasteiger partial charge in [0.1, 0.15) is 5.65 Å². The molecule has 9 heteroatoms. The molecule has 0 N–H and O–H groups in total. The predicted octanol–water partition coefficient (Wildman–Crippen LogP) is 6.56. The van der Waals surface area contributed by atoms with E-state index in [-0.39, 0.29) is 17.9 Å². The number of pyridine rings is 1. The molecule has 1 aliphatic carbocycles. The molecular weight excluding hydrogens is 562 g/mol. The summed E-state index contributed by atoms with van der Waals surface area (Å²) >= 11 is -2.83. The van der Waals surface area contributed by atoms with Crippen LogP contribution in [0, 0.1) is 6.92 Å². The van der Waals surface area contributed by atoms with E-state index in [0.29, 0.717) is 23.7 Å². The number of fused-ring (bicyclic) bond motifs is 1. The van der Waals surface area contributed by atoms with Crippen molar-refractivity contribution in [1.82, 2.24) is 9.55 Å². The topological polar surface area (TPSA) is 105 Å². The smallest absolute Gasteiger partial charge is 0.357 e. The fourth-order valence-corrected chi connectivity index (χ4v) is 5.97. The number of hydrogen-bond donors (Lipinski definition) is 0. The Labute approximate surface area is 252 Å². The first-order valence-corrected chi connectivity index (χ1v) is 15.2. The van der Waals surface area contributed by atoms with Gasteiger partial charge in [-0.1, -0.05) is 60.7 Å². The highest BCUT2D eigenvalue weighted by atomic mass is 32.2. The molecule has 1 aliphatic rings. The van der Waals surface area contributed by atoms with Crippen LogP contribution in [0.25, 0.3) is 22.2 Å². The number of aromatic nitrogens is 2. The predicted molar refractivity (Wildman–Crippen MR) is 166 cm³/mol. The summed E-state index contributed by atoms with van der Waals surface area (Å²) in [7, 11) is 0. The Morgan fingerprint density at radius 1 is 1.00 bits per heavy atom. The van der Waals surface area contributed by atoms with E-state index in [1.54, 1.807) is 61.5 Å². The van der Waals surface area contributed by atoms with Crippen molar-refractivity contribution in [2.75, 3.05) is 10.9 Å². The Bertz CT molecular complexity index is 1850. The zero-order valence-corrected chi connectivity index (χ0v) is 24.7. The van der Waals surface area contributed by atoms with Gasteiger partial charge in [-0.3, -0.25) is 9.00 Å². The molecule has 1 amide bonds. The number of benzene rings is 3. The lowest BCUT2D eigenvalue weighted by Crippen LogP contribution is -2.33. The molecule has 1 saturated carbocycles. The number of carbonyl (C=O) groups is 2. The minimum absolute atomic E-state index is 0.274. The van der Waals surface area contributed by atoms with E-state index in [1.165, 1.54) is 5.69 Å². The number of nitrogens with zero attached hydrogens (tertiary/aromatic N) is 3. The summed E-state index contributed by atoms with van der Waals surface area (Å²) in [5, 5.41) is 1.02. The monoisotopic (exact) mass is 592 g/mol. The molecule has 0 spiro atoms. The Hall–Kier alpha value is -4.60. The minimum atomic E-state index is -2.83. The highest BCUT2D eigenvalue weighted by Crippen LogP contribution is 2.43. The van der Waals surface area contributed by atoms with Crippen LogP contribution in [0.1, 0.15) is 63.4 Å². The van der Waals surface area contributed by atoms with Gasteiger partial charge in [-0.15, -0.1) is 0 Å². The minimum Gasteiger partial charge on any atom is -0.755 e. The summed E-state index contributed by atoms with van der Waals surface area (Å²) in [4.78, 5) is 30.5. The molecule has 6 rings (SSSR count). The molecule has 8 nitrogen and oxygen atoms in total. The maximum absolute atomic E-state index is 13.2. The molecule has 43 heavy (non-hydrogen) atoms. The lowest BCUT2D eigenvalue weighted by Gasteiger charge is -2.26. The van der Waals surface area contributed by atoms with Crippen molar-refractivity contribution in [1.29, 1.82) is 0 Å². The number of anilines is 1. The van der Waals surface area contributed by atoms with Crippen LogP contribution < -0.4 is 4.31 Å². The number of para-hydroxylation sites is 1. The summed E-state index contributed by atoms with van der Waals surface area (Å²) in [6, 6.07) is 27.1. The first-order valence-electron chi connectivity index (χ1n) is 14.2. The number of amides is 1. The van der Waals surface area contributed by atoms with E-state index in [9.17, 15) is 18.4 Å². The fourth-order valence-electron chi connectivity index (χ4n) is 5.41. The zero-order valence-electron chi connectivity index (χ0n) is 23.9. The highest BCUT2D eigenvalue weighted by Gasteiger charge is 2.29. The quantitative estimate of drug-likeness (QED) is 0.142. The molecular formula is C34H30N3O5S-. The second-order valence-corrected chi connectivity index (χ2v) is 11.4. The standard InChI is InChI=1S/C34H31N3O5S/c1-3-42-34(39)29-19-22(2)28-20-31(25-17-18-25)36(32(28)35-29)21-23-13-15-24(16-14-23)27-11-7-8-12-30(27)37(43(40)41)33(38)26-9-5-4-6-10-26/h4-16,19-20,25H,3,17-18,21H2,1-2H3,(H,40,41)/p-1. The van der Waals surface area contributed by atoms with E-state index in [4.69, 9.17) is 9.72 Å². The number of aryl methyl sites for hydroxylation is 1. The molecule has 1 fully saturated rings. The van der Waals surface area contributed by atoms with Gasteiger partial charge < -0.3 is 13.9 Å². The normalized spacial score (nSPS) is 13.6. The number of esters is 1. The van der Waals surface area contributed by atoms with Gasteiger partial charge in [0.05, 0.1) is 23.6 Å². The van der Waals surface area contributed by atoms with Crippen molar-refractivity contribution in [2.45, 2.75) is 39.2 Å². The van der Waals surface area contributed by atoms with E-state index in [1.807, 2.05) is 37.3 Å². The lowest BCUT2D eigenvalue weighted by atomic mass is 10.0. The van der Waals surface area contributed by atoms with Gasteiger partial charge in [0, 0.05) is 28.8 Å². The summed E-state index contributed by atoms with van der Waals surface area (Å²) in [5.41, 5.74) is 6.19. The van der Waals surface area contributed by atoms with Gasteiger partial charge in [-0.2, -0.15) is 0 Å². The molecule has 1 atom stereocenters. The van der Waals surface area contributed by atoms with Gasteiger partial charge in [0.2, 0.25) is 0 Å². The number of rotatable bonds is 9. The first-order chi connectivity index (χ1) is 20.9. The van der Waals surface area contributed by atoms with E-state index in [2.05, 4.69) is 10.6 Å². The maximum Gasteiger partial charge on any atom is 0.357 e. The number of carbonyl (C=O) groups excluding carboxylic acids is 2. The Morgan fingerprint density at radius 2 is 1.70 bits per heavy atom. The molecule has 0 aliphatic heterocycles. The highest BCUT2D eigenvalue weighted by molar-refractivity contribution is 7.81. The third-order valence-electron chi connectivity index (χ3n) is 7.67. The fraction of sp³-hybridized carbons (Fsp3) is 0.206. The zero-order chi connectivity index (χ0) is 30.1. The van der Waals surface area contributed by atoms with Crippen LogP contribution in [0.5, 0.6) is 0 Å². The van der Waals surface area contributed by atoms with Crippen LogP contribution in [-0.2, 0) is 22.5 Å². The Morgan fingerprint density at radius 3 is 2.37 bits per heavy atom. The van der Waals surface area contributed by atoms with Crippen molar-refractivity contribution in [3.05, 3.63) is 119 Å². The van der Waals surface area contributed by atoms with Crippen LogP contribution >= 0.6 is 0 Å². The molecule has 2 aromatic heterocycles. The maximum atomic E-state index is 13.2. The van der Waals surface area contributed by atoms with Crippen LogP contribution in [0.4, 0.5) is 5.69 Å². The number of ether oxygens (including phenoxy) is 1. The van der Waals surface area contributed by atoms with Gasteiger partial charge >= 0.3 is 5.97 Å². The van der Waals surface area contributed by atoms with Gasteiger partial charge in [0.15, 0.2) is 5.69 Å². The van der Waals surface area contributed by atoms with Gasteiger partial charge in [0.25, 0.3) is 5.91 Å². The van der Waals surface area contributed by atoms with Crippen molar-refractivity contribution in [2.24, 2.45) is 0 Å². The van der Waals surface area contributed by atoms with Crippen LogP contribution in [-0.4, -0.2) is 36.8 Å². The summed E-state index contributed by atoms with van der Waals surface area (Å²) < 4.78 is 32.8. The van der Waals surface area contributed by atoms with Crippen LogP contribution in [0.3, 0.4) is 0 Å². The van der Waals surface area contributed by atoms with Crippen molar-refractivity contribution < 1.29 is 23.1 Å². The molecule has 0 radical (unpaired) electrons. The number of hydrogen-bond acceptors (Lipinski definition) is 6. The van der Waals surface area contributed by atoms with E-state index < -0.39 is 23.1 Å². The van der Waals surface area contributed by atoms with Crippen molar-refractivity contribution in [3.63, 3.8) is 0 Å². The summed E-state index contributed by atoms with van der Waals surface area (Å²) in [5.74, 6) is -0.600. The third-order valence-corrected chi connectivity index (χ3v) is 8.33. The van der Waals surface area contributed by atoms with E-state index >= 15 is 0 Å². The van der Waals surface area contributed by atoms with Crippen molar-refractivity contribution in [3.8, 4) is 11.1 Å². The summed E-state index contributed by atoms with van der Waals surface area (Å²) in [6.07, 6.45) is 2.24. The van der Waals surface area contributed by atoms with Gasteiger partial charge in [-0.05, 0) is 79.6 Å². The van der Waals surface area contributed by atoms with Crippen LogP contribution in [0.2, 0.25) is 0 Å². The Kier molecular flexibility index (Phi) is 7.92. The van der Waals surface area contributed by atoms with E-state index in [0.717, 1.165) is 44.9 Å². The molecule has 5 aromatic rings. The molecule has 2 heterocycles. The second-order valence-electron chi connectivity index (χ2n) is 10.6. The largest absolute Gasteiger partial charge is 0.755 e. The SMILES string of the molecule is CCOC(=O)c1cc(C)c2cc(C3CC3)n(Cc3ccc(-c4ccccc4N(C(=O)c4ccccc4)S(=O)[O-])cc3)c2n1. The lowest BCUT2D eigenvalue weighted by molar-refractivity contribution is 0.0519. The first kappa shape index (κ1) is 28.5. The molecule has 3 aromatic carbocycles. The van der Waals surface area contributed by atoms with Crippen molar-refractivity contribution >= 4 is 39.9 Å². The van der Waals surface area contributed by atoms with Crippen LogP contribution in [0.15, 0.2) is 91.0 Å². The summed E-state index contributed by atoms with van der Waals surface area (Å²) in [6.45, 7) is 4.60. The molecule has 1 unspecified atom stereocenters. The third kappa shape index (κ3) is 5.74.